The largest absolute Gasteiger partial charge is 0.352 e. The lowest BCUT2D eigenvalue weighted by Gasteiger charge is -2.43. The minimum absolute atomic E-state index is 0.247. The van der Waals surface area contributed by atoms with Gasteiger partial charge in [0.15, 0.2) is 0 Å². The van der Waals surface area contributed by atoms with Gasteiger partial charge in [-0.05, 0) is 36.0 Å². The first-order valence-electron chi connectivity index (χ1n) is 8.02. The molecule has 0 aromatic heterocycles. The van der Waals surface area contributed by atoms with E-state index in [2.05, 4.69) is 31.4 Å². The summed E-state index contributed by atoms with van der Waals surface area (Å²) in [7, 11) is 0. The van der Waals surface area contributed by atoms with Gasteiger partial charge in [-0.2, -0.15) is 11.8 Å². The molecule has 4 heteroatoms. The van der Waals surface area contributed by atoms with Crippen molar-refractivity contribution in [1.82, 2.24) is 10.6 Å². The summed E-state index contributed by atoms with van der Waals surface area (Å²) in [6, 6.07) is 0.723. The van der Waals surface area contributed by atoms with Gasteiger partial charge in [0.1, 0.15) is 0 Å². The smallest absolute Gasteiger partial charge is 0.221 e. The lowest BCUT2D eigenvalue weighted by Crippen LogP contribution is -2.53. The minimum Gasteiger partial charge on any atom is -0.352 e. The van der Waals surface area contributed by atoms with Crippen LogP contribution in [0, 0.1) is 16.7 Å². The van der Waals surface area contributed by atoms with Gasteiger partial charge in [-0.3, -0.25) is 4.79 Å². The van der Waals surface area contributed by atoms with E-state index in [0.717, 1.165) is 18.2 Å². The summed E-state index contributed by atoms with van der Waals surface area (Å²) in [5, 5.41) is 6.86. The Balaban J connectivity index is 1.60. The Bertz CT molecular complexity index is 387. The average Bonchev–Trinajstić information content (AvgIpc) is 2.87. The molecular formula is C16H28N2OS. The Morgan fingerprint density at radius 1 is 1.40 bits per heavy atom. The average molecular weight is 296 g/mol. The molecule has 3 nitrogen and oxygen atoms in total. The van der Waals surface area contributed by atoms with E-state index in [1.165, 1.54) is 25.0 Å². The molecule has 2 N–H and O–H groups in total. The quantitative estimate of drug-likeness (QED) is 0.840. The molecule has 2 saturated carbocycles. The van der Waals surface area contributed by atoms with Crippen molar-refractivity contribution in [3.8, 4) is 0 Å². The second kappa shape index (κ2) is 5.20. The summed E-state index contributed by atoms with van der Waals surface area (Å²) in [6.07, 6.45) is 4.56. The van der Waals surface area contributed by atoms with Gasteiger partial charge < -0.3 is 10.6 Å². The van der Waals surface area contributed by atoms with Crippen LogP contribution in [0.5, 0.6) is 0 Å². The van der Waals surface area contributed by atoms with Gasteiger partial charge in [-0.25, -0.2) is 0 Å². The Kier molecular flexibility index (Phi) is 3.83. The molecule has 2 aliphatic carbocycles. The zero-order valence-electron chi connectivity index (χ0n) is 13.0. The number of amides is 1. The maximum atomic E-state index is 12.4. The molecule has 0 radical (unpaired) electrons. The number of thioether (sulfide) groups is 1. The molecule has 114 valence electrons. The predicted molar refractivity (Wildman–Crippen MR) is 84.9 cm³/mol. The molecule has 3 rings (SSSR count). The SMILES string of the molecule is CC12CCC(C1)C(C)(C)C2NC(=O)CC1CSCCN1. The Hall–Kier alpha value is -0.220. The van der Waals surface area contributed by atoms with Crippen molar-refractivity contribution < 1.29 is 4.79 Å². The van der Waals surface area contributed by atoms with E-state index in [9.17, 15) is 4.79 Å². The highest BCUT2D eigenvalue weighted by Crippen LogP contribution is 2.62. The Morgan fingerprint density at radius 2 is 2.20 bits per heavy atom. The summed E-state index contributed by atoms with van der Waals surface area (Å²) < 4.78 is 0. The van der Waals surface area contributed by atoms with Crippen LogP contribution in [0.2, 0.25) is 0 Å². The van der Waals surface area contributed by atoms with Crippen molar-refractivity contribution in [2.24, 2.45) is 16.7 Å². The summed E-state index contributed by atoms with van der Waals surface area (Å²) in [5.74, 6) is 3.28. The van der Waals surface area contributed by atoms with Gasteiger partial charge >= 0.3 is 0 Å². The Labute approximate surface area is 127 Å². The van der Waals surface area contributed by atoms with Crippen LogP contribution in [0.4, 0.5) is 0 Å². The van der Waals surface area contributed by atoms with Crippen molar-refractivity contribution >= 4 is 17.7 Å². The zero-order chi connectivity index (χ0) is 14.4. The summed E-state index contributed by atoms with van der Waals surface area (Å²) >= 11 is 1.96. The number of carbonyl (C=O) groups excluding carboxylic acids is 1. The number of hydrogen-bond acceptors (Lipinski definition) is 3. The topological polar surface area (TPSA) is 41.1 Å². The van der Waals surface area contributed by atoms with Crippen LogP contribution in [0.1, 0.15) is 46.5 Å². The molecule has 1 aliphatic heterocycles. The van der Waals surface area contributed by atoms with Crippen LogP contribution in [-0.2, 0) is 4.79 Å². The maximum Gasteiger partial charge on any atom is 0.221 e. The van der Waals surface area contributed by atoms with Crippen LogP contribution >= 0.6 is 11.8 Å². The van der Waals surface area contributed by atoms with Crippen molar-refractivity contribution in [3.63, 3.8) is 0 Å². The molecule has 3 fully saturated rings. The molecule has 0 spiro atoms. The zero-order valence-corrected chi connectivity index (χ0v) is 13.8. The molecule has 1 heterocycles. The van der Waals surface area contributed by atoms with Crippen molar-refractivity contribution in [2.45, 2.75) is 58.5 Å². The third-order valence-corrected chi connectivity index (χ3v) is 7.14. The highest BCUT2D eigenvalue weighted by molar-refractivity contribution is 7.99. The van der Waals surface area contributed by atoms with Gasteiger partial charge in [-0.15, -0.1) is 0 Å². The lowest BCUT2D eigenvalue weighted by atomic mass is 9.68. The van der Waals surface area contributed by atoms with Gasteiger partial charge in [0.25, 0.3) is 0 Å². The fourth-order valence-electron chi connectivity index (χ4n) is 4.86. The van der Waals surface area contributed by atoms with Crippen molar-refractivity contribution in [1.29, 1.82) is 0 Å². The maximum absolute atomic E-state index is 12.4. The van der Waals surface area contributed by atoms with Crippen molar-refractivity contribution in [3.05, 3.63) is 0 Å². The standard InChI is InChI=1S/C16H28N2OS/c1-15(2)11-4-5-16(3,9-11)14(15)18-13(19)8-12-10-20-7-6-17-12/h11-12,14,17H,4-10H2,1-3H3,(H,18,19). The van der Waals surface area contributed by atoms with Crippen LogP contribution in [-0.4, -0.2) is 36.0 Å². The fraction of sp³-hybridized carbons (Fsp3) is 0.938. The van der Waals surface area contributed by atoms with E-state index >= 15 is 0 Å². The number of carbonyl (C=O) groups is 1. The first-order valence-corrected chi connectivity index (χ1v) is 9.18. The molecule has 20 heavy (non-hydrogen) atoms. The van der Waals surface area contributed by atoms with E-state index in [1.54, 1.807) is 0 Å². The summed E-state index contributed by atoms with van der Waals surface area (Å²) in [6.45, 7) is 8.11. The van der Waals surface area contributed by atoms with E-state index in [0.29, 0.717) is 23.9 Å². The monoisotopic (exact) mass is 296 g/mol. The fourth-order valence-corrected chi connectivity index (χ4v) is 5.81. The predicted octanol–water partition coefficient (Wildman–Crippen LogP) is 2.41. The normalized spacial score (nSPS) is 42.6. The van der Waals surface area contributed by atoms with E-state index in [4.69, 9.17) is 0 Å². The second-order valence-electron chi connectivity index (χ2n) is 7.85. The third-order valence-electron chi connectivity index (χ3n) is 6.01. The highest BCUT2D eigenvalue weighted by atomic mass is 32.2. The van der Waals surface area contributed by atoms with Crippen LogP contribution in [0.3, 0.4) is 0 Å². The first kappa shape index (κ1) is 14.7. The number of fused-ring (bicyclic) bond motifs is 2. The van der Waals surface area contributed by atoms with Crippen molar-refractivity contribution in [2.75, 3.05) is 18.1 Å². The molecular weight excluding hydrogens is 268 g/mol. The summed E-state index contributed by atoms with van der Waals surface area (Å²) in [4.78, 5) is 12.4. The molecule has 1 saturated heterocycles. The van der Waals surface area contributed by atoms with Crippen LogP contribution in [0.15, 0.2) is 0 Å². The van der Waals surface area contributed by atoms with Gasteiger partial charge in [-0.1, -0.05) is 20.8 Å². The van der Waals surface area contributed by atoms with E-state index in [-0.39, 0.29) is 11.3 Å². The molecule has 1 amide bonds. The van der Waals surface area contributed by atoms with Crippen LogP contribution < -0.4 is 10.6 Å². The third kappa shape index (κ3) is 2.50. The molecule has 2 bridgehead atoms. The highest BCUT2D eigenvalue weighted by Gasteiger charge is 2.59. The first-order chi connectivity index (χ1) is 9.42. The number of rotatable bonds is 3. The van der Waals surface area contributed by atoms with E-state index < -0.39 is 0 Å². The van der Waals surface area contributed by atoms with Crippen LogP contribution in [0.25, 0.3) is 0 Å². The van der Waals surface area contributed by atoms with E-state index in [1.807, 2.05) is 11.8 Å². The number of hydrogen-bond donors (Lipinski definition) is 2. The summed E-state index contributed by atoms with van der Waals surface area (Å²) in [5.41, 5.74) is 0.593. The lowest BCUT2D eigenvalue weighted by molar-refractivity contribution is -0.124. The van der Waals surface area contributed by atoms with Gasteiger partial charge in [0.05, 0.1) is 0 Å². The second-order valence-corrected chi connectivity index (χ2v) is 9.00. The minimum atomic E-state index is 0.247. The molecule has 3 aliphatic rings. The van der Waals surface area contributed by atoms with Gasteiger partial charge in [0, 0.05) is 36.6 Å². The molecule has 4 atom stereocenters. The molecule has 0 aromatic carbocycles. The Morgan fingerprint density at radius 3 is 2.80 bits per heavy atom. The molecule has 4 unspecified atom stereocenters. The number of nitrogens with one attached hydrogen (secondary N) is 2. The molecule has 0 aromatic rings. The van der Waals surface area contributed by atoms with Gasteiger partial charge in [0.2, 0.25) is 5.91 Å².